The molecule has 0 radical (unpaired) electrons. The Morgan fingerprint density at radius 2 is 2.05 bits per heavy atom. The van der Waals surface area contributed by atoms with Gasteiger partial charge in [0.15, 0.2) is 0 Å². The van der Waals surface area contributed by atoms with E-state index in [-0.39, 0.29) is 0 Å². The van der Waals surface area contributed by atoms with E-state index in [0.29, 0.717) is 0 Å². The quantitative estimate of drug-likeness (QED) is 0.882. The van der Waals surface area contributed by atoms with Crippen molar-refractivity contribution in [1.29, 1.82) is 0 Å². The fourth-order valence-electron chi connectivity index (χ4n) is 3.01. The minimum absolute atomic E-state index is 0.470. The zero-order valence-corrected chi connectivity index (χ0v) is 11.6. The molecule has 2 aliphatic rings. The molecule has 1 N–H and O–H groups in total. The summed E-state index contributed by atoms with van der Waals surface area (Å²) >= 11 is 0. The van der Waals surface area contributed by atoms with Gasteiger partial charge in [0.2, 0.25) is 0 Å². The number of likely N-dealkylation sites (tertiary alicyclic amines) is 1. The highest BCUT2D eigenvalue weighted by atomic mass is 16.5. The summed E-state index contributed by atoms with van der Waals surface area (Å²) in [5, 5.41) is 10.6. The molecule has 1 saturated heterocycles. The molecule has 3 nitrogen and oxygen atoms in total. The molecule has 1 saturated carbocycles. The predicted molar refractivity (Wildman–Crippen MR) is 75.5 cm³/mol. The second-order valence-electron chi connectivity index (χ2n) is 6.02. The Kier molecular flexibility index (Phi) is 3.50. The molecule has 104 valence electrons. The molecule has 1 aliphatic heterocycles. The Morgan fingerprint density at radius 3 is 2.68 bits per heavy atom. The van der Waals surface area contributed by atoms with Crippen LogP contribution >= 0.6 is 0 Å². The summed E-state index contributed by atoms with van der Waals surface area (Å²) in [4.78, 5) is 2.47. The van der Waals surface area contributed by atoms with Gasteiger partial charge < -0.3 is 9.84 Å². The van der Waals surface area contributed by atoms with Crippen molar-refractivity contribution in [3.63, 3.8) is 0 Å². The highest BCUT2D eigenvalue weighted by Gasteiger charge is 2.41. The largest absolute Gasteiger partial charge is 0.497 e. The predicted octanol–water partition coefficient (Wildman–Crippen LogP) is 2.23. The van der Waals surface area contributed by atoms with Crippen LogP contribution in [0.2, 0.25) is 0 Å². The monoisotopic (exact) mass is 261 g/mol. The van der Waals surface area contributed by atoms with E-state index in [9.17, 15) is 5.11 Å². The average Bonchev–Trinajstić information content (AvgIpc) is 3.21. The van der Waals surface area contributed by atoms with Crippen molar-refractivity contribution >= 4 is 0 Å². The van der Waals surface area contributed by atoms with Gasteiger partial charge in [-0.15, -0.1) is 0 Å². The van der Waals surface area contributed by atoms with Crippen molar-refractivity contribution in [3.8, 4) is 5.75 Å². The van der Waals surface area contributed by atoms with E-state index < -0.39 is 5.60 Å². The lowest BCUT2D eigenvalue weighted by Gasteiger charge is -2.23. The zero-order chi connectivity index (χ0) is 13.3. The van der Waals surface area contributed by atoms with Crippen molar-refractivity contribution in [2.75, 3.05) is 20.2 Å². The molecule has 1 heterocycles. The van der Waals surface area contributed by atoms with Gasteiger partial charge in [-0.2, -0.15) is 0 Å². The molecule has 0 spiro atoms. The fourth-order valence-corrected chi connectivity index (χ4v) is 3.01. The van der Waals surface area contributed by atoms with Crippen molar-refractivity contribution in [2.45, 2.75) is 43.7 Å². The highest BCUT2D eigenvalue weighted by molar-refractivity contribution is 5.27. The summed E-state index contributed by atoms with van der Waals surface area (Å²) in [7, 11) is 1.68. The molecule has 19 heavy (non-hydrogen) atoms. The Hall–Kier alpha value is -1.06. The van der Waals surface area contributed by atoms with Gasteiger partial charge in [-0.3, -0.25) is 4.90 Å². The SMILES string of the molecule is COc1ccc(CCC2(O)CCN(C3CC3)C2)cc1. The first-order valence-electron chi connectivity index (χ1n) is 7.28. The van der Waals surface area contributed by atoms with Crippen molar-refractivity contribution < 1.29 is 9.84 Å². The maximum Gasteiger partial charge on any atom is 0.118 e. The third-order valence-electron chi connectivity index (χ3n) is 4.46. The Morgan fingerprint density at radius 1 is 1.32 bits per heavy atom. The van der Waals surface area contributed by atoms with Crippen LogP contribution in [-0.2, 0) is 6.42 Å². The number of aryl methyl sites for hydroxylation is 1. The molecule has 2 fully saturated rings. The van der Waals surface area contributed by atoms with Crippen LogP contribution in [0.4, 0.5) is 0 Å². The lowest BCUT2D eigenvalue weighted by Crippen LogP contribution is -2.34. The molecule has 3 rings (SSSR count). The van der Waals surface area contributed by atoms with E-state index >= 15 is 0 Å². The first kappa shape index (κ1) is 12.9. The third kappa shape index (κ3) is 3.10. The summed E-state index contributed by atoms with van der Waals surface area (Å²) < 4.78 is 5.16. The molecule has 1 aromatic rings. The number of nitrogens with zero attached hydrogens (tertiary/aromatic N) is 1. The number of aliphatic hydroxyl groups is 1. The summed E-state index contributed by atoms with van der Waals surface area (Å²) in [5.74, 6) is 0.892. The highest BCUT2D eigenvalue weighted by Crippen LogP contribution is 2.35. The van der Waals surface area contributed by atoms with Crippen LogP contribution in [0.1, 0.15) is 31.2 Å². The van der Waals surface area contributed by atoms with Gasteiger partial charge in [-0.25, -0.2) is 0 Å². The van der Waals surface area contributed by atoms with E-state index in [0.717, 1.165) is 44.1 Å². The van der Waals surface area contributed by atoms with E-state index in [1.54, 1.807) is 7.11 Å². The molecule has 1 aromatic carbocycles. The van der Waals surface area contributed by atoms with E-state index in [4.69, 9.17) is 4.74 Å². The third-order valence-corrected chi connectivity index (χ3v) is 4.46. The number of benzene rings is 1. The van der Waals surface area contributed by atoms with E-state index in [2.05, 4.69) is 17.0 Å². The van der Waals surface area contributed by atoms with Crippen LogP contribution in [-0.4, -0.2) is 41.8 Å². The number of rotatable bonds is 5. The number of hydrogen-bond donors (Lipinski definition) is 1. The van der Waals surface area contributed by atoms with E-state index in [1.165, 1.54) is 18.4 Å². The molecule has 0 bridgehead atoms. The molecule has 1 unspecified atom stereocenters. The normalized spacial score (nSPS) is 27.7. The Bertz CT molecular complexity index is 427. The van der Waals surface area contributed by atoms with Gasteiger partial charge in [0.25, 0.3) is 0 Å². The van der Waals surface area contributed by atoms with Crippen LogP contribution in [0.25, 0.3) is 0 Å². The summed E-state index contributed by atoms with van der Waals surface area (Å²) in [5.41, 5.74) is 0.807. The molecule has 0 amide bonds. The molecular formula is C16H23NO2. The number of hydrogen-bond acceptors (Lipinski definition) is 3. The Balaban J connectivity index is 1.53. The van der Waals surface area contributed by atoms with E-state index in [1.807, 2.05) is 12.1 Å². The van der Waals surface area contributed by atoms with Gasteiger partial charge in [-0.1, -0.05) is 12.1 Å². The topological polar surface area (TPSA) is 32.7 Å². The molecule has 3 heteroatoms. The van der Waals surface area contributed by atoms with Crippen LogP contribution in [0.3, 0.4) is 0 Å². The van der Waals surface area contributed by atoms with Gasteiger partial charge in [0, 0.05) is 19.1 Å². The molecule has 1 aliphatic carbocycles. The second-order valence-corrected chi connectivity index (χ2v) is 6.02. The van der Waals surface area contributed by atoms with Crippen LogP contribution in [0.5, 0.6) is 5.75 Å². The lowest BCUT2D eigenvalue weighted by molar-refractivity contribution is 0.0400. The van der Waals surface area contributed by atoms with Crippen molar-refractivity contribution in [2.24, 2.45) is 0 Å². The first-order chi connectivity index (χ1) is 9.18. The summed E-state index contributed by atoms with van der Waals surface area (Å²) in [6.07, 6.45) is 5.39. The lowest BCUT2D eigenvalue weighted by atomic mass is 9.94. The van der Waals surface area contributed by atoms with Gasteiger partial charge in [0.1, 0.15) is 5.75 Å². The van der Waals surface area contributed by atoms with Gasteiger partial charge in [-0.05, 0) is 49.8 Å². The molecular weight excluding hydrogens is 238 g/mol. The van der Waals surface area contributed by atoms with Gasteiger partial charge in [0.05, 0.1) is 12.7 Å². The van der Waals surface area contributed by atoms with Crippen molar-refractivity contribution in [3.05, 3.63) is 29.8 Å². The minimum Gasteiger partial charge on any atom is -0.497 e. The standard InChI is InChI=1S/C16H23NO2/c1-19-15-6-2-13(3-7-15)8-9-16(18)10-11-17(12-16)14-4-5-14/h2-3,6-7,14,18H,4-5,8-12H2,1H3. The Labute approximate surface area is 115 Å². The summed E-state index contributed by atoms with van der Waals surface area (Å²) in [6.45, 7) is 1.94. The average molecular weight is 261 g/mol. The second kappa shape index (κ2) is 5.14. The maximum absolute atomic E-state index is 10.6. The zero-order valence-electron chi connectivity index (χ0n) is 11.6. The maximum atomic E-state index is 10.6. The summed E-state index contributed by atoms with van der Waals surface area (Å²) in [6, 6.07) is 8.94. The van der Waals surface area contributed by atoms with Crippen LogP contribution in [0, 0.1) is 0 Å². The van der Waals surface area contributed by atoms with Crippen molar-refractivity contribution in [1.82, 2.24) is 4.90 Å². The molecule has 1 atom stereocenters. The first-order valence-corrected chi connectivity index (χ1v) is 7.28. The number of methoxy groups -OCH3 is 1. The number of ether oxygens (including phenoxy) is 1. The van der Waals surface area contributed by atoms with Gasteiger partial charge >= 0.3 is 0 Å². The minimum atomic E-state index is -0.470. The molecule has 0 aromatic heterocycles. The smallest absolute Gasteiger partial charge is 0.118 e. The van der Waals surface area contributed by atoms with Crippen LogP contribution < -0.4 is 4.74 Å². The fraction of sp³-hybridized carbons (Fsp3) is 0.625. The number of β-amino-alcohol motifs (C(OH)–C–C–N with tert-alkyl or cyclic N) is 1. The van der Waals surface area contributed by atoms with Crippen LogP contribution in [0.15, 0.2) is 24.3 Å².